The molecule has 0 fully saturated rings. The molecule has 6 heteroatoms. The zero-order valence-corrected chi connectivity index (χ0v) is 13.4. The number of hydrazine groups is 1. The Balaban J connectivity index is 2.26. The SMILES string of the molecule is NNC(Cc1ccc(F)c(Br)c1)c1cc(Cl)cc(Cl)c1. The molecule has 0 saturated carbocycles. The van der Waals surface area contributed by atoms with Crippen LogP contribution in [0.4, 0.5) is 4.39 Å². The maximum Gasteiger partial charge on any atom is 0.137 e. The summed E-state index contributed by atoms with van der Waals surface area (Å²) in [5, 5.41) is 1.10. The van der Waals surface area contributed by atoms with Crippen molar-refractivity contribution in [3.63, 3.8) is 0 Å². The molecule has 0 aromatic heterocycles. The van der Waals surface area contributed by atoms with Crippen molar-refractivity contribution >= 4 is 39.1 Å². The molecule has 0 bridgehead atoms. The van der Waals surface area contributed by atoms with Crippen LogP contribution in [0.5, 0.6) is 0 Å². The summed E-state index contributed by atoms with van der Waals surface area (Å²) in [6, 6.07) is 9.96. The molecule has 2 aromatic carbocycles. The lowest BCUT2D eigenvalue weighted by atomic mass is 9.99. The summed E-state index contributed by atoms with van der Waals surface area (Å²) in [5.41, 5.74) is 4.55. The maximum absolute atomic E-state index is 13.2. The van der Waals surface area contributed by atoms with E-state index in [0.717, 1.165) is 11.1 Å². The highest BCUT2D eigenvalue weighted by Gasteiger charge is 2.13. The molecule has 2 rings (SSSR count). The van der Waals surface area contributed by atoms with Gasteiger partial charge in [-0.2, -0.15) is 0 Å². The average molecular weight is 378 g/mol. The molecule has 1 atom stereocenters. The molecule has 0 aliphatic carbocycles. The molecule has 0 heterocycles. The number of nitrogens with two attached hydrogens (primary N) is 1. The summed E-state index contributed by atoms with van der Waals surface area (Å²) in [4.78, 5) is 0. The Morgan fingerprint density at radius 3 is 2.35 bits per heavy atom. The zero-order chi connectivity index (χ0) is 14.7. The van der Waals surface area contributed by atoms with Gasteiger partial charge < -0.3 is 0 Å². The second-order valence-electron chi connectivity index (χ2n) is 4.37. The van der Waals surface area contributed by atoms with E-state index in [2.05, 4.69) is 21.4 Å². The van der Waals surface area contributed by atoms with Gasteiger partial charge in [0.1, 0.15) is 5.82 Å². The molecule has 0 amide bonds. The van der Waals surface area contributed by atoms with Crippen LogP contribution in [-0.4, -0.2) is 0 Å². The number of hydrogen-bond donors (Lipinski definition) is 2. The minimum absolute atomic E-state index is 0.163. The van der Waals surface area contributed by atoms with Crippen LogP contribution in [-0.2, 0) is 6.42 Å². The number of rotatable bonds is 4. The highest BCUT2D eigenvalue weighted by atomic mass is 79.9. The summed E-state index contributed by atoms with van der Waals surface area (Å²) in [7, 11) is 0. The van der Waals surface area contributed by atoms with Gasteiger partial charge in [0, 0.05) is 10.0 Å². The molecular weight excluding hydrogens is 366 g/mol. The number of benzene rings is 2. The van der Waals surface area contributed by atoms with E-state index in [1.807, 2.05) is 0 Å². The minimum Gasteiger partial charge on any atom is -0.271 e. The number of halogens is 4. The van der Waals surface area contributed by atoms with E-state index < -0.39 is 0 Å². The van der Waals surface area contributed by atoms with Gasteiger partial charge in [0.25, 0.3) is 0 Å². The summed E-state index contributed by atoms with van der Waals surface area (Å²) in [6.07, 6.45) is 0.589. The van der Waals surface area contributed by atoms with Gasteiger partial charge in [-0.05, 0) is 63.8 Å². The number of nitrogens with one attached hydrogen (secondary N) is 1. The predicted octanol–water partition coefficient (Wildman–Crippen LogP) is 4.64. The zero-order valence-electron chi connectivity index (χ0n) is 10.3. The van der Waals surface area contributed by atoms with E-state index in [4.69, 9.17) is 29.0 Å². The average Bonchev–Trinajstić information content (AvgIpc) is 2.38. The third kappa shape index (κ3) is 3.93. The first-order valence-electron chi connectivity index (χ1n) is 5.85. The summed E-state index contributed by atoms with van der Waals surface area (Å²) >= 11 is 15.1. The van der Waals surface area contributed by atoms with Crippen LogP contribution in [0.25, 0.3) is 0 Å². The lowest BCUT2D eigenvalue weighted by Gasteiger charge is -2.17. The van der Waals surface area contributed by atoms with Crippen molar-refractivity contribution in [2.45, 2.75) is 12.5 Å². The van der Waals surface area contributed by atoms with Crippen LogP contribution in [0.15, 0.2) is 40.9 Å². The fourth-order valence-corrected chi connectivity index (χ4v) is 2.92. The van der Waals surface area contributed by atoms with E-state index in [1.54, 1.807) is 30.3 Å². The van der Waals surface area contributed by atoms with Crippen molar-refractivity contribution in [3.8, 4) is 0 Å². The van der Waals surface area contributed by atoms with E-state index >= 15 is 0 Å². The quantitative estimate of drug-likeness (QED) is 0.601. The first-order valence-corrected chi connectivity index (χ1v) is 7.40. The van der Waals surface area contributed by atoms with Crippen molar-refractivity contribution in [1.29, 1.82) is 0 Å². The van der Waals surface area contributed by atoms with E-state index in [-0.39, 0.29) is 11.9 Å². The molecule has 0 aliphatic rings. The second-order valence-corrected chi connectivity index (χ2v) is 6.10. The standard InChI is InChI=1S/C14H12BrCl2FN2/c15-12-3-8(1-2-13(12)18)4-14(20-19)9-5-10(16)7-11(17)6-9/h1-3,5-7,14,20H,4,19H2. The van der Waals surface area contributed by atoms with Gasteiger partial charge in [-0.25, -0.2) is 4.39 Å². The molecule has 1 unspecified atom stereocenters. The first kappa shape index (κ1) is 15.7. The molecule has 3 N–H and O–H groups in total. The van der Waals surface area contributed by atoms with E-state index in [9.17, 15) is 4.39 Å². The third-order valence-electron chi connectivity index (χ3n) is 2.91. The van der Waals surface area contributed by atoms with Gasteiger partial charge >= 0.3 is 0 Å². The molecule has 0 aliphatic heterocycles. The summed E-state index contributed by atoms with van der Waals surface area (Å²) in [5.74, 6) is 5.30. The molecular formula is C14H12BrCl2FN2. The molecule has 0 saturated heterocycles. The Morgan fingerprint density at radius 1 is 1.15 bits per heavy atom. The van der Waals surface area contributed by atoms with E-state index in [0.29, 0.717) is 20.9 Å². The Hall–Kier alpha value is -0.650. The largest absolute Gasteiger partial charge is 0.271 e. The van der Waals surface area contributed by atoms with Crippen LogP contribution in [0, 0.1) is 5.82 Å². The molecule has 2 aromatic rings. The highest BCUT2D eigenvalue weighted by molar-refractivity contribution is 9.10. The number of hydrogen-bond acceptors (Lipinski definition) is 2. The summed E-state index contributed by atoms with van der Waals surface area (Å²) in [6.45, 7) is 0. The Labute approximate surface area is 135 Å². The molecule has 20 heavy (non-hydrogen) atoms. The van der Waals surface area contributed by atoms with Crippen molar-refractivity contribution < 1.29 is 4.39 Å². The third-order valence-corrected chi connectivity index (χ3v) is 3.96. The maximum atomic E-state index is 13.2. The summed E-state index contributed by atoms with van der Waals surface area (Å²) < 4.78 is 13.7. The van der Waals surface area contributed by atoms with Crippen LogP contribution >= 0.6 is 39.1 Å². The van der Waals surface area contributed by atoms with Crippen LogP contribution in [0.1, 0.15) is 17.2 Å². The van der Waals surface area contributed by atoms with Crippen molar-refractivity contribution in [2.24, 2.45) is 5.84 Å². The Bertz CT molecular complexity index is 602. The van der Waals surface area contributed by atoms with Gasteiger partial charge in [0.05, 0.1) is 10.5 Å². The predicted molar refractivity (Wildman–Crippen MR) is 84.3 cm³/mol. The fraction of sp³-hybridized carbons (Fsp3) is 0.143. The van der Waals surface area contributed by atoms with Gasteiger partial charge in [0.15, 0.2) is 0 Å². The van der Waals surface area contributed by atoms with Gasteiger partial charge in [-0.3, -0.25) is 11.3 Å². The normalized spacial score (nSPS) is 12.4. The van der Waals surface area contributed by atoms with E-state index in [1.165, 1.54) is 6.07 Å². The van der Waals surface area contributed by atoms with Gasteiger partial charge in [-0.1, -0.05) is 29.3 Å². The second kappa shape index (κ2) is 6.87. The lowest BCUT2D eigenvalue weighted by Crippen LogP contribution is -2.29. The Kier molecular flexibility index (Phi) is 5.41. The fourth-order valence-electron chi connectivity index (χ4n) is 1.95. The van der Waals surface area contributed by atoms with Crippen molar-refractivity contribution in [1.82, 2.24) is 5.43 Å². The van der Waals surface area contributed by atoms with Crippen molar-refractivity contribution in [2.75, 3.05) is 0 Å². The smallest absolute Gasteiger partial charge is 0.137 e. The van der Waals surface area contributed by atoms with Crippen molar-refractivity contribution in [3.05, 3.63) is 67.9 Å². The van der Waals surface area contributed by atoms with Crippen LogP contribution < -0.4 is 11.3 Å². The topological polar surface area (TPSA) is 38.0 Å². The minimum atomic E-state index is -0.295. The van der Waals surface area contributed by atoms with Crippen LogP contribution in [0.2, 0.25) is 10.0 Å². The Morgan fingerprint density at radius 2 is 1.80 bits per heavy atom. The molecule has 106 valence electrons. The van der Waals surface area contributed by atoms with Crippen LogP contribution in [0.3, 0.4) is 0 Å². The highest BCUT2D eigenvalue weighted by Crippen LogP contribution is 2.26. The monoisotopic (exact) mass is 376 g/mol. The lowest BCUT2D eigenvalue weighted by molar-refractivity contribution is 0.550. The van der Waals surface area contributed by atoms with Gasteiger partial charge in [0.2, 0.25) is 0 Å². The van der Waals surface area contributed by atoms with Gasteiger partial charge in [-0.15, -0.1) is 0 Å². The molecule has 0 spiro atoms. The molecule has 2 nitrogen and oxygen atoms in total. The molecule has 0 radical (unpaired) electrons. The first-order chi connectivity index (χ1) is 9.49.